The lowest BCUT2D eigenvalue weighted by molar-refractivity contribution is 0.136. The molecule has 3 heterocycles. The van der Waals surface area contributed by atoms with E-state index in [1.54, 1.807) is 36.1 Å². The van der Waals surface area contributed by atoms with Gasteiger partial charge in [0.05, 0.1) is 11.4 Å². The van der Waals surface area contributed by atoms with Gasteiger partial charge in [0.25, 0.3) is 0 Å². The van der Waals surface area contributed by atoms with Crippen LogP contribution in [-0.4, -0.2) is 46.7 Å². The summed E-state index contributed by atoms with van der Waals surface area (Å²) >= 11 is 0. The number of hydrogen-bond donors (Lipinski definition) is 0. The second kappa shape index (κ2) is 7.18. The molecule has 3 aromatic rings. The summed E-state index contributed by atoms with van der Waals surface area (Å²) in [5.41, 5.74) is 2.04. The second-order valence-electron chi connectivity index (χ2n) is 7.18. The maximum Gasteiger partial charge on any atom is 0.246 e. The molecule has 0 bridgehead atoms. The molecule has 0 saturated carbocycles. The Kier molecular flexibility index (Phi) is 4.84. The van der Waals surface area contributed by atoms with Crippen LogP contribution in [0.25, 0.3) is 10.9 Å². The van der Waals surface area contributed by atoms with E-state index >= 15 is 0 Å². The first-order valence-electron chi connectivity index (χ1n) is 9.38. The molecule has 0 N–H and O–H groups in total. The fourth-order valence-corrected chi connectivity index (χ4v) is 5.67. The number of para-hydroxylation sites is 1. The summed E-state index contributed by atoms with van der Waals surface area (Å²) in [7, 11) is -1.79. The zero-order chi connectivity index (χ0) is 19.9. The number of aryl methyl sites for hydroxylation is 2. The van der Waals surface area contributed by atoms with Gasteiger partial charge < -0.3 is 4.74 Å². The molecule has 0 spiro atoms. The van der Waals surface area contributed by atoms with Crippen LogP contribution in [0.2, 0.25) is 0 Å². The molecule has 7 nitrogen and oxygen atoms in total. The number of benzene rings is 1. The monoisotopic (exact) mass is 400 g/mol. The molecule has 148 valence electrons. The number of nitrogens with zero attached hydrogens (tertiary/aromatic N) is 4. The Morgan fingerprint density at radius 3 is 2.50 bits per heavy atom. The van der Waals surface area contributed by atoms with Crippen LogP contribution < -0.4 is 4.74 Å². The summed E-state index contributed by atoms with van der Waals surface area (Å²) in [6.45, 7) is 4.39. The minimum Gasteiger partial charge on any atom is -0.488 e. The Labute approximate surface area is 165 Å². The molecular formula is C20H24N4O3S. The average Bonchev–Trinajstić information content (AvgIpc) is 2.95. The van der Waals surface area contributed by atoms with Crippen LogP contribution in [0.4, 0.5) is 0 Å². The Morgan fingerprint density at radius 2 is 1.82 bits per heavy atom. The number of sulfonamides is 1. The SMILES string of the molecule is Cc1nn(C)c(C)c1S(=O)(=O)N1CCC(Oc2cccc3cccnc23)CC1. The van der Waals surface area contributed by atoms with Crippen molar-refractivity contribution in [3.05, 3.63) is 47.9 Å². The van der Waals surface area contributed by atoms with Gasteiger partial charge in [0, 0.05) is 31.7 Å². The molecule has 1 aliphatic heterocycles. The van der Waals surface area contributed by atoms with Crippen molar-refractivity contribution in [1.82, 2.24) is 19.1 Å². The number of piperidine rings is 1. The highest BCUT2D eigenvalue weighted by atomic mass is 32.2. The van der Waals surface area contributed by atoms with Crippen LogP contribution in [0.15, 0.2) is 41.4 Å². The first-order chi connectivity index (χ1) is 13.4. The van der Waals surface area contributed by atoms with Gasteiger partial charge in [0.2, 0.25) is 10.0 Å². The molecule has 2 aromatic heterocycles. The van der Waals surface area contributed by atoms with Crippen LogP contribution >= 0.6 is 0 Å². The number of pyridine rings is 1. The van der Waals surface area contributed by atoms with Crippen molar-refractivity contribution in [2.45, 2.75) is 37.7 Å². The fraction of sp³-hybridized carbons (Fsp3) is 0.400. The highest BCUT2D eigenvalue weighted by Gasteiger charge is 2.34. The molecule has 1 aromatic carbocycles. The van der Waals surface area contributed by atoms with Gasteiger partial charge in [-0.3, -0.25) is 9.67 Å². The van der Waals surface area contributed by atoms with Crippen molar-refractivity contribution in [2.75, 3.05) is 13.1 Å². The predicted molar refractivity (Wildman–Crippen MR) is 107 cm³/mol. The van der Waals surface area contributed by atoms with Gasteiger partial charge in [-0.1, -0.05) is 18.2 Å². The summed E-state index contributed by atoms with van der Waals surface area (Å²) in [5, 5.41) is 5.28. The summed E-state index contributed by atoms with van der Waals surface area (Å²) in [5.74, 6) is 0.748. The topological polar surface area (TPSA) is 77.3 Å². The third-order valence-corrected chi connectivity index (χ3v) is 7.48. The zero-order valence-corrected chi connectivity index (χ0v) is 17.1. The van der Waals surface area contributed by atoms with E-state index in [9.17, 15) is 8.42 Å². The molecular weight excluding hydrogens is 376 g/mol. The summed E-state index contributed by atoms with van der Waals surface area (Å²) in [6.07, 6.45) is 3.00. The standard InChI is InChI=1S/C20H24N4O3S/c1-14-20(15(2)23(3)22-14)28(25,26)24-12-9-17(10-13-24)27-18-8-4-6-16-7-5-11-21-19(16)18/h4-8,11,17H,9-10,12-13H2,1-3H3. The number of aromatic nitrogens is 3. The molecule has 0 aliphatic carbocycles. The smallest absolute Gasteiger partial charge is 0.246 e. The van der Waals surface area contributed by atoms with Gasteiger partial charge in [-0.05, 0) is 38.8 Å². The van der Waals surface area contributed by atoms with E-state index < -0.39 is 10.0 Å². The Hall–Kier alpha value is -2.45. The maximum atomic E-state index is 13.1. The highest BCUT2D eigenvalue weighted by Crippen LogP contribution is 2.29. The minimum absolute atomic E-state index is 0.0323. The number of rotatable bonds is 4. The lowest BCUT2D eigenvalue weighted by Gasteiger charge is -2.31. The predicted octanol–water partition coefficient (Wildman–Crippen LogP) is 2.82. The van der Waals surface area contributed by atoms with Crippen LogP contribution in [-0.2, 0) is 17.1 Å². The summed E-state index contributed by atoms with van der Waals surface area (Å²) < 4.78 is 35.6. The Balaban J connectivity index is 1.49. The molecule has 4 rings (SSSR count). The van der Waals surface area contributed by atoms with Crippen molar-refractivity contribution in [3.8, 4) is 5.75 Å². The third kappa shape index (κ3) is 3.27. The quantitative estimate of drug-likeness (QED) is 0.673. The number of ether oxygens (including phenoxy) is 1. The van der Waals surface area contributed by atoms with Crippen molar-refractivity contribution in [2.24, 2.45) is 7.05 Å². The van der Waals surface area contributed by atoms with E-state index in [1.807, 2.05) is 30.3 Å². The molecule has 0 amide bonds. The normalized spacial score (nSPS) is 16.5. The number of fused-ring (bicyclic) bond motifs is 1. The van der Waals surface area contributed by atoms with Crippen molar-refractivity contribution >= 4 is 20.9 Å². The largest absolute Gasteiger partial charge is 0.488 e. The van der Waals surface area contributed by atoms with E-state index in [4.69, 9.17) is 4.74 Å². The van der Waals surface area contributed by atoms with Crippen LogP contribution in [0.3, 0.4) is 0 Å². The summed E-state index contributed by atoms with van der Waals surface area (Å²) in [6, 6.07) is 9.78. The van der Waals surface area contributed by atoms with Gasteiger partial charge in [-0.15, -0.1) is 0 Å². The molecule has 1 fully saturated rings. The lowest BCUT2D eigenvalue weighted by Crippen LogP contribution is -2.42. The molecule has 1 saturated heterocycles. The first-order valence-corrected chi connectivity index (χ1v) is 10.8. The summed E-state index contributed by atoms with van der Waals surface area (Å²) in [4.78, 5) is 4.75. The van der Waals surface area contributed by atoms with Crippen LogP contribution in [0.5, 0.6) is 5.75 Å². The van der Waals surface area contributed by atoms with Gasteiger partial charge in [-0.2, -0.15) is 9.40 Å². The van der Waals surface area contributed by atoms with E-state index in [0.717, 1.165) is 16.7 Å². The van der Waals surface area contributed by atoms with E-state index in [0.29, 0.717) is 42.2 Å². The van der Waals surface area contributed by atoms with Crippen LogP contribution in [0.1, 0.15) is 24.2 Å². The van der Waals surface area contributed by atoms with E-state index in [1.165, 1.54) is 0 Å². The van der Waals surface area contributed by atoms with Crippen LogP contribution in [0, 0.1) is 13.8 Å². The maximum absolute atomic E-state index is 13.1. The molecule has 0 radical (unpaired) electrons. The molecule has 1 aliphatic rings. The van der Waals surface area contributed by atoms with Gasteiger partial charge in [0.1, 0.15) is 22.3 Å². The third-order valence-electron chi connectivity index (χ3n) is 5.33. The molecule has 0 atom stereocenters. The average molecular weight is 401 g/mol. The molecule has 8 heteroatoms. The van der Waals surface area contributed by atoms with Gasteiger partial charge in [-0.25, -0.2) is 8.42 Å². The minimum atomic E-state index is -3.55. The van der Waals surface area contributed by atoms with Gasteiger partial charge >= 0.3 is 0 Å². The van der Waals surface area contributed by atoms with Crippen molar-refractivity contribution in [1.29, 1.82) is 0 Å². The fourth-order valence-electron chi connectivity index (χ4n) is 3.80. The van der Waals surface area contributed by atoms with E-state index in [2.05, 4.69) is 10.1 Å². The zero-order valence-electron chi connectivity index (χ0n) is 16.3. The number of hydrogen-bond acceptors (Lipinski definition) is 5. The highest BCUT2D eigenvalue weighted by molar-refractivity contribution is 7.89. The van der Waals surface area contributed by atoms with Crippen molar-refractivity contribution < 1.29 is 13.2 Å². The van der Waals surface area contributed by atoms with Gasteiger partial charge in [0.15, 0.2) is 0 Å². The Morgan fingerprint density at radius 1 is 1.11 bits per heavy atom. The van der Waals surface area contributed by atoms with E-state index in [-0.39, 0.29) is 6.10 Å². The van der Waals surface area contributed by atoms with Crippen molar-refractivity contribution in [3.63, 3.8) is 0 Å². The second-order valence-corrected chi connectivity index (χ2v) is 9.05. The lowest BCUT2D eigenvalue weighted by atomic mass is 10.1. The molecule has 0 unspecified atom stereocenters. The molecule has 28 heavy (non-hydrogen) atoms. The Bertz CT molecular complexity index is 1110. The first kappa shape index (κ1) is 18.9.